The number of nitrogens with two attached hydrogens (primary N) is 3. The molecule has 7 heteroatoms. The number of benzene rings is 2. The number of fused-ring (bicyclic) bond motifs is 1. The van der Waals surface area contributed by atoms with Gasteiger partial charge in [0.1, 0.15) is 0 Å². The quantitative estimate of drug-likeness (QED) is 0.142. The van der Waals surface area contributed by atoms with Crippen LogP contribution in [0.15, 0.2) is 53.5 Å². The Morgan fingerprint density at radius 3 is 2.21 bits per heavy atom. The van der Waals surface area contributed by atoms with Crippen LogP contribution in [0.1, 0.15) is 108 Å². The molecule has 4 atom stereocenters. The molecule has 1 fully saturated rings. The third-order valence-corrected chi connectivity index (χ3v) is 9.27. The van der Waals surface area contributed by atoms with Gasteiger partial charge >= 0.3 is 0 Å². The van der Waals surface area contributed by atoms with Crippen molar-refractivity contribution in [3.05, 3.63) is 81.9 Å². The molecular formula is C40H64N6O. The molecule has 1 aliphatic heterocycles. The molecule has 7 nitrogen and oxygen atoms in total. The number of nitrogens with zero attached hydrogens (tertiary/aromatic N) is 3. The molecule has 1 amide bonds. The molecule has 1 saturated heterocycles. The number of unbranched alkanes of at least 4 members (excludes halogenated alkanes) is 1. The maximum absolute atomic E-state index is 13.6. The minimum atomic E-state index is -0.511. The molecule has 2 aromatic rings. The van der Waals surface area contributed by atoms with Crippen LogP contribution in [0.25, 0.3) is 12.2 Å². The van der Waals surface area contributed by atoms with Crippen molar-refractivity contribution in [2.45, 2.75) is 125 Å². The normalized spacial score (nSPS) is 19.3. The second-order valence-electron chi connectivity index (χ2n) is 12.6. The van der Waals surface area contributed by atoms with Crippen molar-refractivity contribution in [2.24, 2.45) is 22.2 Å². The monoisotopic (exact) mass is 645 g/mol. The fraction of sp³-hybridized carbons (Fsp3) is 0.550. The third-order valence-electron chi connectivity index (χ3n) is 9.27. The molecule has 0 radical (unpaired) electrons. The number of rotatable bonds is 11. The lowest BCUT2D eigenvalue weighted by molar-refractivity contribution is -0.143. The highest BCUT2D eigenvalue weighted by Gasteiger charge is 2.39. The highest BCUT2D eigenvalue weighted by Crippen LogP contribution is 2.25. The summed E-state index contributed by atoms with van der Waals surface area (Å²) < 4.78 is 0. The minimum absolute atomic E-state index is 0.0821. The van der Waals surface area contributed by atoms with E-state index in [1.165, 1.54) is 33.4 Å². The Morgan fingerprint density at radius 1 is 0.894 bits per heavy atom. The smallest absolute Gasteiger partial charge is 0.240 e. The zero-order chi connectivity index (χ0) is 34.9. The Morgan fingerprint density at radius 2 is 1.57 bits per heavy atom. The number of hydrogen-bond donors (Lipinski definition) is 3. The summed E-state index contributed by atoms with van der Waals surface area (Å²) in [5, 5.41) is 0. The Labute approximate surface area is 286 Å². The van der Waals surface area contributed by atoms with Gasteiger partial charge in [0.05, 0.1) is 6.04 Å². The minimum Gasteiger partial charge on any atom is -0.370 e. The molecule has 0 spiro atoms. The van der Waals surface area contributed by atoms with Gasteiger partial charge in [0.2, 0.25) is 5.91 Å². The fourth-order valence-corrected chi connectivity index (χ4v) is 6.37. The maximum Gasteiger partial charge on any atom is 0.240 e. The SMILES string of the molecule is CC.CCCCN=C(N)N.CCc1ccc(C[C@@H](N)C(=O)N2C(C)CN(CCc3ccc4c(c3)C=CCC=C4)[C@H](C)C2C)c(CC)c1. The lowest BCUT2D eigenvalue weighted by Crippen LogP contribution is -2.65. The van der Waals surface area contributed by atoms with E-state index in [4.69, 9.17) is 17.2 Å². The van der Waals surface area contributed by atoms with Gasteiger partial charge in [0.25, 0.3) is 0 Å². The summed E-state index contributed by atoms with van der Waals surface area (Å²) in [5.74, 6) is 0.275. The molecule has 2 aromatic carbocycles. The molecule has 4 rings (SSSR count). The first kappa shape index (κ1) is 39.8. The molecule has 0 bridgehead atoms. The van der Waals surface area contributed by atoms with E-state index in [9.17, 15) is 4.79 Å². The first-order valence-electron chi connectivity index (χ1n) is 18.0. The van der Waals surface area contributed by atoms with Crippen molar-refractivity contribution in [2.75, 3.05) is 19.6 Å². The van der Waals surface area contributed by atoms with E-state index in [1.54, 1.807) is 0 Å². The molecule has 0 aromatic heterocycles. The van der Waals surface area contributed by atoms with E-state index in [-0.39, 0.29) is 30.0 Å². The largest absolute Gasteiger partial charge is 0.370 e. The summed E-state index contributed by atoms with van der Waals surface area (Å²) >= 11 is 0. The van der Waals surface area contributed by atoms with Gasteiger partial charge in [-0.2, -0.15) is 0 Å². The predicted molar refractivity (Wildman–Crippen MR) is 203 cm³/mol. The lowest BCUT2D eigenvalue weighted by atomic mass is 9.93. The van der Waals surface area contributed by atoms with E-state index < -0.39 is 6.04 Å². The predicted octanol–water partition coefficient (Wildman–Crippen LogP) is 6.75. The zero-order valence-electron chi connectivity index (χ0n) is 30.6. The molecule has 260 valence electrons. The number of aliphatic imine (C=N–C) groups is 1. The number of guanidine groups is 1. The van der Waals surface area contributed by atoms with Gasteiger partial charge in [-0.05, 0) is 92.7 Å². The van der Waals surface area contributed by atoms with Crippen LogP contribution >= 0.6 is 0 Å². The Hall–Kier alpha value is -3.42. The van der Waals surface area contributed by atoms with E-state index in [0.29, 0.717) is 6.42 Å². The maximum atomic E-state index is 13.6. The van der Waals surface area contributed by atoms with Gasteiger partial charge in [0, 0.05) is 37.8 Å². The molecule has 47 heavy (non-hydrogen) atoms. The summed E-state index contributed by atoms with van der Waals surface area (Å²) in [6.45, 7) is 19.7. The van der Waals surface area contributed by atoms with Gasteiger partial charge in [-0.3, -0.25) is 14.7 Å². The van der Waals surface area contributed by atoms with Gasteiger partial charge < -0.3 is 22.1 Å². The average molecular weight is 645 g/mol. The molecule has 2 unspecified atom stereocenters. The number of carbonyl (C=O) groups is 1. The van der Waals surface area contributed by atoms with Crippen LogP contribution in [-0.4, -0.2) is 65.5 Å². The molecule has 0 saturated carbocycles. The molecule has 2 aliphatic rings. The van der Waals surface area contributed by atoms with E-state index in [0.717, 1.165) is 58.2 Å². The van der Waals surface area contributed by atoms with E-state index in [1.807, 2.05) is 13.8 Å². The van der Waals surface area contributed by atoms with Crippen LogP contribution in [0.2, 0.25) is 0 Å². The number of hydrogen-bond acceptors (Lipinski definition) is 4. The fourth-order valence-electron chi connectivity index (χ4n) is 6.37. The topological polar surface area (TPSA) is 114 Å². The number of amides is 1. The van der Waals surface area contributed by atoms with Gasteiger partial charge in [-0.15, -0.1) is 0 Å². The van der Waals surface area contributed by atoms with Crippen LogP contribution in [0, 0.1) is 0 Å². The molecule has 1 aliphatic carbocycles. The second-order valence-corrected chi connectivity index (χ2v) is 12.6. The van der Waals surface area contributed by atoms with Crippen LogP contribution in [0.4, 0.5) is 0 Å². The van der Waals surface area contributed by atoms with Crippen LogP contribution in [0.3, 0.4) is 0 Å². The van der Waals surface area contributed by atoms with Crippen molar-refractivity contribution < 1.29 is 4.79 Å². The summed E-state index contributed by atoms with van der Waals surface area (Å²) in [5.41, 5.74) is 24.5. The first-order valence-corrected chi connectivity index (χ1v) is 18.0. The van der Waals surface area contributed by atoms with Gasteiger partial charge in [0.15, 0.2) is 5.96 Å². The van der Waals surface area contributed by atoms with Crippen molar-refractivity contribution in [3.8, 4) is 0 Å². The van der Waals surface area contributed by atoms with E-state index in [2.05, 4.69) is 117 Å². The van der Waals surface area contributed by atoms with Crippen molar-refractivity contribution >= 4 is 24.0 Å². The Bertz CT molecular complexity index is 1330. The average Bonchev–Trinajstić information content (AvgIpc) is 3.32. The molecular weight excluding hydrogens is 580 g/mol. The Balaban J connectivity index is 0.000000672. The third kappa shape index (κ3) is 12.0. The highest BCUT2D eigenvalue weighted by atomic mass is 16.2. The lowest BCUT2D eigenvalue weighted by Gasteiger charge is -2.49. The number of piperazine rings is 1. The van der Waals surface area contributed by atoms with Crippen LogP contribution < -0.4 is 17.2 Å². The number of aryl methyl sites for hydroxylation is 2. The second kappa shape index (κ2) is 20.7. The van der Waals surface area contributed by atoms with E-state index >= 15 is 0 Å². The standard InChI is InChI=1S/C33H45N3O.C5H13N3.C2H6/c1-6-26-13-16-31(28(7-2)19-26)21-32(34)33(37)36-23(3)22-35(24(4)25(36)5)18-17-27-14-15-29-11-9-8-10-12-30(29)20-27;1-2-3-4-8-5(6)7;1-2/h9-16,19-20,23-25,32H,6-8,17-18,21-22,34H2,1-5H3;2-4H2,1H3,(H4,6,7,8);1-2H3/t23?,24-,25?,32-;;/m1../s1. The Kier molecular flexibility index (Phi) is 17.5. The number of carbonyl (C=O) groups excluding carboxylic acids is 1. The van der Waals surface area contributed by atoms with Crippen molar-refractivity contribution in [1.82, 2.24) is 9.80 Å². The van der Waals surface area contributed by atoms with Crippen LogP contribution in [0.5, 0.6) is 0 Å². The van der Waals surface area contributed by atoms with Crippen molar-refractivity contribution in [1.29, 1.82) is 0 Å². The van der Waals surface area contributed by atoms with Crippen molar-refractivity contribution in [3.63, 3.8) is 0 Å². The first-order chi connectivity index (χ1) is 22.6. The molecule has 6 N–H and O–H groups in total. The number of allylic oxidation sites excluding steroid dienone is 2. The summed E-state index contributed by atoms with van der Waals surface area (Å²) in [6.07, 6.45) is 15.7. The summed E-state index contributed by atoms with van der Waals surface area (Å²) in [6, 6.07) is 13.5. The van der Waals surface area contributed by atoms with Crippen LogP contribution in [-0.2, 0) is 30.5 Å². The van der Waals surface area contributed by atoms with Gasteiger partial charge in [-0.25, -0.2) is 0 Å². The summed E-state index contributed by atoms with van der Waals surface area (Å²) in [7, 11) is 0. The zero-order valence-corrected chi connectivity index (χ0v) is 30.6. The van der Waals surface area contributed by atoms with Gasteiger partial charge in [-0.1, -0.05) is 102 Å². The molecule has 1 heterocycles. The highest BCUT2D eigenvalue weighted by molar-refractivity contribution is 5.83. The summed E-state index contributed by atoms with van der Waals surface area (Å²) in [4.78, 5) is 22.0.